The first-order valence-corrected chi connectivity index (χ1v) is 3.91. The summed E-state index contributed by atoms with van der Waals surface area (Å²) in [5.74, 6) is -2.52. The Morgan fingerprint density at radius 2 is 1.82 bits per heavy atom. The SMILES string of the molecule is CC(C)N(C)CCC(C)(F)F. The van der Waals surface area contributed by atoms with Crippen molar-refractivity contribution in [1.82, 2.24) is 4.90 Å². The molecule has 0 N–H and O–H groups in total. The van der Waals surface area contributed by atoms with Crippen molar-refractivity contribution in [3.05, 3.63) is 0 Å². The second-order valence-electron chi connectivity index (χ2n) is 3.39. The largest absolute Gasteiger partial charge is 0.304 e. The van der Waals surface area contributed by atoms with Crippen molar-refractivity contribution in [1.29, 1.82) is 0 Å². The van der Waals surface area contributed by atoms with Crippen molar-refractivity contribution < 1.29 is 8.78 Å². The van der Waals surface area contributed by atoms with Crippen LogP contribution in [0.15, 0.2) is 0 Å². The molecule has 0 saturated carbocycles. The van der Waals surface area contributed by atoms with Crippen molar-refractivity contribution in [2.24, 2.45) is 0 Å². The fourth-order valence-corrected chi connectivity index (χ4v) is 0.631. The van der Waals surface area contributed by atoms with Gasteiger partial charge in [-0.15, -0.1) is 0 Å². The van der Waals surface area contributed by atoms with E-state index in [0.29, 0.717) is 12.6 Å². The number of nitrogens with zero attached hydrogens (tertiary/aromatic N) is 1. The zero-order chi connectivity index (χ0) is 9.07. The zero-order valence-corrected chi connectivity index (χ0v) is 7.69. The topological polar surface area (TPSA) is 3.24 Å². The molecule has 0 fully saturated rings. The fourth-order valence-electron chi connectivity index (χ4n) is 0.631. The van der Waals surface area contributed by atoms with Crippen molar-refractivity contribution in [3.63, 3.8) is 0 Å². The lowest BCUT2D eigenvalue weighted by molar-refractivity contribution is 0.00316. The van der Waals surface area contributed by atoms with E-state index >= 15 is 0 Å². The molecular formula is C8H17F2N. The average Bonchev–Trinajstić information content (AvgIpc) is 1.80. The smallest absolute Gasteiger partial charge is 0.246 e. The van der Waals surface area contributed by atoms with Crippen LogP contribution >= 0.6 is 0 Å². The molecule has 0 atom stereocenters. The first-order chi connectivity index (χ1) is 4.83. The highest BCUT2D eigenvalue weighted by molar-refractivity contribution is 4.63. The van der Waals surface area contributed by atoms with Gasteiger partial charge in [0.2, 0.25) is 5.92 Å². The summed E-state index contributed by atoms with van der Waals surface area (Å²) in [6.07, 6.45) is -0.0539. The summed E-state index contributed by atoms with van der Waals surface area (Å²) in [6.45, 7) is 5.41. The minimum absolute atomic E-state index is 0.0539. The molecule has 0 bridgehead atoms. The lowest BCUT2D eigenvalue weighted by Crippen LogP contribution is -2.30. The Labute approximate surface area is 67.4 Å². The zero-order valence-electron chi connectivity index (χ0n) is 7.69. The molecule has 0 aromatic rings. The van der Waals surface area contributed by atoms with E-state index in [1.54, 1.807) is 0 Å². The Hall–Kier alpha value is -0.180. The van der Waals surface area contributed by atoms with Crippen LogP contribution in [0.1, 0.15) is 27.2 Å². The summed E-state index contributed by atoms with van der Waals surface area (Å²) in [5.41, 5.74) is 0. The maximum atomic E-state index is 12.3. The molecule has 0 aliphatic carbocycles. The highest BCUT2D eigenvalue weighted by Crippen LogP contribution is 2.16. The molecule has 68 valence electrons. The Bertz CT molecular complexity index is 107. The molecule has 11 heavy (non-hydrogen) atoms. The normalized spacial score (nSPS) is 13.1. The van der Waals surface area contributed by atoms with E-state index in [4.69, 9.17) is 0 Å². The minimum atomic E-state index is -2.52. The third-order valence-corrected chi connectivity index (χ3v) is 1.79. The Morgan fingerprint density at radius 3 is 2.09 bits per heavy atom. The van der Waals surface area contributed by atoms with Gasteiger partial charge in [0.25, 0.3) is 0 Å². The summed E-state index contributed by atoms with van der Waals surface area (Å²) in [5, 5.41) is 0. The number of hydrogen-bond acceptors (Lipinski definition) is 1. The van der Waals surface area contributed by atoms with Crippen molar-refractivity contribution in [3.8, 4) is 0 Å². The van der Waals surface area contributed by atoms with Crippen LogP contribution in [0.2, 0.25) is 0 Å². The van der Waals surface area contributed by atoms with Gasteiger partial charge in [0.1, 0.15) is 0 Å². The predicted molar refractivity (Wildman–Crippen MR) is 43.0 cm³/mol. The summed E-state index contributed by atoms with van der Waals surface area (Å²) in [6, 6.07) is 0.345. The molecule has 0 rings (SSSR count). The maximum Gasteiger partial charge on any atom is 0.246 e. The molecule has 1 nitrogen and oxygen atoms in total. The molecule has 0 saturated heterocycles. The molecular weight excluding hydrogens is 148 g/mol. The highest BCUT2D eigenvalue weighted by Gasteiger charge is 2.21. The molecule has 0 aromatic carbocycles. The van der Waals surface area contributed by atoms with Crippen LogP contribution in [-0.2, 0) is 0 Å². The average molecular weight is 165 g/mol. The van der Waals surface area contributed by atoms with E-state index in [-0.39, 0.29) is 6.42 Å². The standard InChI is InChI=1S/C8H17F2N/c1-7(2)11(4)6-5-8(3,9)10/h7H,5-6H2,1-4H3. The third kappa shape index (κ3) is 6.23. The van der Waals surface area contributed by atoms with Crippen molar-refractivity contribution in [2.45, 2.75) is 39.2 Å². The van der Waals surface area contributed by atoms with Crippen LogP contribution < -0.4 is 0 Å². The van der Waals surface area contributed by atoms with Gasteiger partial charge in [0.05, 0.1) is 0 Å². The second-order valence-corrected chi connectivity index (χ2v) is 3.39. The van der Waals surface area contributed by atoms with Gasteiger partial charge in [0.15, 0.2) is 0 Å². The monoisotopic (exact) mass is 165 g/mol. The Morgan fingerprint density at radius 1 is 1.36 bits per heavy atom. The van der Waals surface area contributed by atoms with E-state index < -0.39 is 5.92 Å². The molecule has 0 unspecified atom stereocenters. The van der Waals surface area contributed by atoms with Crippen LogP contribution in [-0.4, -0.2) is 30.5 Å². The molecule has 0 aliphatic heterocycles. The third-order valence-electron chi connectivity index (χ3n) is 1.79. The Kier molecular flexibility index (Phi) is 3.93. The van der Waals surface area contributed by atoms with Gasteiger partial charge in [-0.25, -0.2) is 8.78 Å². The molecule has 0 aromatic heterocycles. The van der Waals surface area contributed by atoms with Crippen LogP contribution in [0.3, 0.4) is 0 Å². The molecule has 0 aliphatic rings. The number of rotatable bonds is 4. The molecule has 0 amide bonds. The van der Waals surface area contributed by atoms with Gasteiger partial charge in [0, 0.05) is 19.0 Å². The molecule has 0 spiro atoms. The van der Waals surface area contributed by atoms with Gasteiger partial charge in [-0.1, -0.05) is 0 Å². The summed E-state index contributed by atoms with van der Waals surface area (Å²) in [7, 11) is 1.86. The lowest BCUT2D eigenvalue weighted by Gasteiger charge is -2.22. The summed E-state index contributed by atoms with van der Waals surface area (Å²) < 4.78 is 24.6. The predicted octanol–water partition coefficient (Wildman–Crippen LogP) is 2.37. The first-order valence-electron chi connectivity index (χ1n) is 3.91. The first kappa shape index (κ1) is 10.8. The number of halogens is 2. The lowest BCUT2D eigenvalue weighted by atomic mass is 10.2. The second kappa shape index (κ2) is 4.00. The van der Waals surface area contributed by atoms with E-state index in [1.165, 1.54) is 0 Å². The van der Waals surface area contributed by atoms with E-state index in [2.05, 4.69) is 0 Å². The van der Waals surface area contributed by atoms with Crippen molar-refractivity contribution in [2.75, 3.05) is 13.6 Å². The van der Waals surface area contributed by atoms with Gasteiger partial charge < -0.3 is 4.90 Å². The van der Waals surface area contributed by atoms with E-state index in [0.717, 1.165) is 6.92 Å². The number of hydrogen-bond donors (Lipinski definition) is 0. The van der Waals surface area contributed by atoms with E-state index in [9.17, 15) is 8.78 Å². The maximum absolute atomic E-state index is 12.3. The van der Waals surface area contributed by atoms with Gasteiger partial charge in [-0.2, -0.15) is 0 Å². The van der Waals surface area contributed by atoms with Crippen molar-refractivity contribution >= 4 is 0 Å². The molecule has 3 heteroatoms. The van der Waals surface area contributed by atoms with Crippen LogP contribution in [0.25, 0.3) is 0 Å². The van der Waals surface area contributed by atoms with E-state index in [1.807, 2.05) is 25.8 Å². The fraction of sp³-hybridized carbons (Fsp3) is 1.00. The molecule has 0 heterocycles. The van der Waals surface area contributed by atoms with Crippen LogP contribution in [0.5, 0.6) is 0 Å². The van der Waals surface area contributed by atoms with Gasteiger partial charge in [-0.3, -0.25) is 0 Å². The number of alkyl halides is 2. The quantitative estimate of drug-likeness (QED) is 0.618. The summed E-state index contributed by atoms with van der Waals surface area (Å²) in [4.78, 5) is 1.91. The molecule has 0 radical (unpaired) electrons. The van der Waals surface area contributed by atoms with Gasteiger partial charge >= 0.3 is 0 Å². The van der Waals surface area contributed by atoms with Crippen LogP contribution in [0, 0.1) is 0 Å². The van der Waals surface area contributed by atoms with Gasteiger partial charge in [-0.05, 0) is 27.8 Å². The highest BCUT2D eigenvalue weighted by atomic mass is 19.3. The minimum Gasteiger partial charge on any atom is -0.304 e. The van der Waals surface area contributed by atoms with Crippen LogP contribution in [0.4, 0.5) is 8.78 Å². The Balaban J connectivity index is 3.54. The summed E-state index contributed by atoms with van der Waals surface area (Å²) >= 11 is 0.